The first-order chi connectivity index (χ1) is 14.2. The number of halogens is 3. The van der Waals surface area contributed by atoms with Crippen LogP contribution in [0.25, 0.3) is 0 Å². The standard InChI is InChI=1S/C19H18BrCl2N3O4S/c20-14-6-4-12(5-7-14)18(26)23-24-19(27)13-8-10-25(11-9-13)30(28,29)17-15(21)2-1-3-16(17)22/h1-7,13H,8-11H2,(H,23,26)(H,24,27). The SMILES string of the molecule is O=C(NNC(=O)C1CCN(S(=O)(=O)c2c(Cl)cccc2Cl)CC1)c1ccc(Br)cc1. The molecule has 1 aliphatic rings. The summed E-state index contributed by atoms with van der Waals surface area (Å²) in [5.74, 6) is -1.24. The lowest BCUT2D eigenvalue weighted by Crippen LogP contribution is -2.48. The minimum atomic E-state index is -3.87. The third-order valence-corrected chi connectivity index (χ3v) is 8.13. The van der Waals surface area contributed by atoms with Crippen LogP contribution < -0.4 is 10.9 Å². The molecule has 7 nitrogen and oxygen atoms in total. The van der Waals surface area contributed by atoms with Crippen LogP contribution in [0.2, 0.25) is 10.0 Å². The zero-order valence-electron chi connectivity index (χ0n) is 15.6. The van der Waals surface area contributed by atoms with E-state index in [1.54, 1.807) is 30.3 Å². The molecule has 1 saturated heterocycles. The summed E-state index contributed by atoms with van der Waals surface area (Å²) in [6, 6.07) is 11.2. The topological polar surface area (TPSA) is 95.6 Å². The molecule has 0 aliphatic carbocycles. The third-order valence-electron chi connectivity index (χ3n) is 4.75. The van der Waals surface area contributed by atoms with E-state index >= 15 is 0 Å². The van der Waals surface area contributed by atoms with Gasteiger partial charge in [0.15, 0.2) is 0 Å². The van der Waals surface area contributed by atoms with Crippen molar-refractivity contribution in [2.24, 2.45) is 5.92 Å². The Morgan fingerprint density at radius 2 is 1.53 bits per heavy atom. The number of hydrazine groups is 1. The molecule has 2 aromatic carbocycles. The van der Waals surface area contributed by atoms with E-state index in [0.717, 1.165) is 4.47 Å². The molecule has 0 spiro atoms. The lowest BCUT2D eigenvalue weighted by Gasteiger charge is -2.31. The first kappa shape index (κ1) is 23.0. The molecular formula is C19H18BrCl2N3O4S. The number of hydrogen-bond acceptors (Lipinski definition) is 4. The zero-order chi connectivity index (χ0) is 21.9. The molecule has 2 aromatic rings. The molecule has 0 bridgehead atoms. The number of piperidine rings is 1. The van der Waals surface area contributed by atoms with Gasteiger partial charge >= 0.3 is 0 Å². The van der Waals surface area contributed by atoms with Gasteiger partial charge in [0.1, 0.15) is 4.90 Å². The van der Waals surface area contributed by atoms with Crippen LogP contribution in [-0.4, -0.2) is 37.6 Å². The van der Waals surface area contributed by atoms with Crippen molar-refractivity contribution < 1.29 is 18.0 Å². The van der Waals surface area contributed by atoms with Gasteiger partial charge in [-0.15, -0.1) is 0 Å². The minimum absolute atomic E-state index is 0.0537. The largest absolute Gasteiger partial charge is 0.273 e. The van der Waals surface area contributed by atoms with Crippen molar-refractivity contribution in [2.75, 3.05) is 13.1 Å². The highest BCUT2D eigenvalue weighted by molar-refractivity contribution is 9.10. The van der Waals surface area contributed by atoms with Crippen molar-refractivity contribution in [1.29, 1.82) is 0 Å². The number of carbonyl (C=O) groups is 2. The first-order valence-electron chi connectivity index (χ1n) is 9.00. The fraction of sp³-hybridized carbons (Fsp3) is 0.263. The lowest BCUT2D eigenvalue weighted by atomic mass is 9.98. The van der Waals surface area contributed by atoms with E-state index in [1.165, 1.54) is 16.4 Å². The third kappa shape index (κ3) is 5.15. The number of carbonyl (C=O) groups excluding carboxylic acids is 2. The zero-order valence-corrected chi connectivity index (χ0v) is 19.5. The number of amides is 2. The smallest absolute Gasteiger partial charge is 0.269 e. The van der Waals surface area contributed by atoms with Crippen molar-refractivity contribution in [3.8, 4) is 0 Å². The van der Waals surface area contributed by atoms with E-state index in [9.17, 15) is 18.0 Å². The number of benzene rings is 2. The molecule has 30 heavy (non-hydrogen) atoms. The highest BCUT2D eigenvalue weighted by atomic mass is 79.9. The van der Waals surface area contributed by atoms with Crippen LogP contribution >= 0.6 is 39.1 Å². The monoisotopic (exact) mass is 533 g/mol. The number of nitrogens with one attached hydrogen (secondary N) is 2. The molecule has 1 aliphatic heterocycles. The van der Waals surface area contributed by atoms with Crippen LogP contribution in [0.5, 0.6) is 0 Å². The maximum absolute atomic E-state index is 12.9. The Morgan fingerprint density at radius 1 is 0.967 bits per heavy atom. The highest BCUT2D eigenvalue weighted by Crippen LogP contribution is 2.33. The van der Waals surface area contributed by atoms with Gasteiger partial charge in [-0.3, -0.25) is 20.4 Å². The van der Waals surface area contributed by atoms with Gasteiger partial charge in [0.2, 0.25) is 15.9 Å². The van der Waals surface area contributed by atoms with Crippen LogP contribution in [0.3, 0.4) is 0 Å². The van der Waals surface area contributed by atoms with E-state index in [2.05, 4.69) is 26.8 Å². The predicted octanol–water partition coefficient (Wildman–Crippen LogP) is 3.62. The molecule has 0 saturated carbocycles. The van der Waals surface area contributed by atoms with Gasteiger partial charge in [-0.25, -0.2) is 8.42 Å². The molecule has 3 rings (SSSR count). The normalized spacial score (nSPS) is 15.6. The summed E-state index contributed by atoms with van der Waals surface area (Å²) in [6.45, 7) is 0.283. The van der Waals surface area contributed by atoms with Gasteiger partial charge in [0.05, 0.1) is 10.0 Å². The molecule has 0 aromatic heterocycles. The van der Waals surface area contributed by atoms with Crippen molar-refractivity contribution in [3.05, 3.63) is 62.5 Å². The van der Waals surface area contributed by atoms with Gasteiger partial charge in [0.25, 0.3) is 5.91 Å². The van der Waals surface area contributed by atoms with Crippen LogP contribution in [0, 0.1) is 5.92 Å². The number of sulfonamides is 1. The minimum Gasteiger partial charge on any atom is -0.273 e. The van der Waals surface area contributed by atoms with Gasteiger partial charge in [-0.1, -0.05) is 45.2 Å². The summed E-state index contributed by atoms with van der Waals surface area (Å²) in [4.78, 5) is 24.3. The van der Waals surface area contributed by atoms with Gasteiger partial charge in [-0.05, 0) is 49.2 Å². The van der Waals surface area contributed by atoms with Crippen molar-refractivity contribution in [2.45, 2.75) is 17.7 Å². The van der Waals surface area contributed by atoms with Gasteiger partial charge in [0, 0.05) is 29.0 Å². The van der Waals surface area contributed by atoms with Crippen molar-refractivity contribution >= 4 is 61.0 Å². The van der Waals surface area contributed by atoms with Gasteiger partial charge < -0.3 is 0 Å². The Hall–Kier alpha value is -1.65. The Labute approximate surface area is 192 Å². The van der Waals surface area contributed by atoms with E-state index in [4.69, 9.17) is 23.2 Å². The fourth-order valence-corrected chi connectivity index (χ4v) is 5.94. The second-order valence-corrected chi connectivity index (χ2v) is 10.3. The van der Waals surface area contributed by atoms with E-state index in [0.29, 0.717) is 18.4 Å². The molecule has 11 heteroatoms. The van der Waals surface area contributed by atoms with Crippen molar-refractivity contribution in [1.82, 2.24) is 15.2 Å². The first-order valence-corrected chi connectivity index (χ1v) is 12.0. The van der Waals surface area contributed by atoms with Crippen LogP contribution in [0.1, 0.15) is 23.2 Å². The molecule has 1 heterocycles. The summed E-state index contributed by atoms with van der Waals surface area (Å²) in [7, 11) is -3.87. The maximum Gasteiger partial charge on any atom is 0.269 e. The number of nitrogens with zero attached hydrogens (tertiary/aromatic N) is 1. The second kappa shape index (κ2) is 9.65. The molecule has 0 unspecified atom stereocenters. The average molecular weight is 535 g/mol. The quantitative estimate of drug-likeness (QED) is 0.585. The molecular weight excluding hydrogens is 517 g/mol. The Bertz CT molecular complexity index is 1040. The Balaban J connectivity index is 1.56. The average Bonchev–Trinajstić information content (AvgIpc) is 2.72. The Kier molecular flexibility index (Phi) is 7.41. The summed E-state index contributed by atoms with van der Waals surface area (Å²) in [6.07, 6.45) is 0.614. The summed E-state index contributed by atoms with van der Waals surface area (Å²) in [5, 5.41) is 0.107. The fourth-order valence-electron chi connectivity index (χ4n) is 3.11. The summed E-state index contributed by atoms with van der Waals surface area (Å²) < 4.78 is 27.9. The molecule has 0 radical (unpaired) electrons. The molecule has 2 amide bonds. The van der Waals surface area contributed by atoms with Crippen LogP contribution in [0.15, 0.2) is 51.8 Å². The maximum atomic E-state index is 12.9. The summed E-state index contributed by atoms with van der Waals surface area (Å²) >= 11 is 15.4. The molecule has 1 fully saturated rings. The van der Waals surface area contributed by atoms with E-state index < -0.39 is 21.8 Å². The van der Waals surface area contributed by atoms with Crippen LogP contribution in [0.4, 0.5) is 0 Å². The number of rotatable bonds is 4. The molecule has 160 valence electrons. The van der Waals surface area contributed by atoms with Crippen molar-refractivity contribution in [3.63, 3.8) is 0 Å². The van der Waals surface area contributed by atoms with Gasteiger partial charge in [-0.2, -0.15) is 4.31 Å². The Morgan fingerprint density at radius 3 is 2.10 bits per heavy atom. The highest BCUT2D eigenvalue weighted by Gasteiger charge is 2.34. The van der Waals surface area contributed by atoms with E-state index in [1.807, 2.05) is 0 Å². The van der Waals surface area contributed by atoms with Crippen LogP contribution in [-0.2, 0) is 14.8 Å². The second-order valence-electron chi connectivity index (χ2n) is 6.68. The summed E-state index contributed by atoms with van der Waals surface area (Å²) in [5.41, 5.74) is 5.18. The lowest BCUT2D eigenvalue weighted by molar-refractivity contribution is -0.126. The van der Waals surface area contributed by atoms with E-state index in [-0.39, 0.29) is 33.9 Å². The molecule has 0 atom stereocenters. The molecule has 2 N–H and O–H groups in total. The predicted molar refractivity (Wildman–Crippen MR) is 118 cm³/mol. The number of hydrogen-bond donors (Lipinski definition) is 2.